The molecule has 1 aliphatic heterocycles. The average Bonchev–Trinajstić information content (AvgIpc) is 2.18. The van der Waals surface area contributed by atoms with E-state index in [-0.39, 0.29) is 0 Å². The van der Waals surface area contributed by atoms with Gasteiger partial charge in [0.05, 0.1) is 6.54 Å². The summed E-state index contributed by atoms with van der Waals surface area (Å²) < 4.78 is 0. The van der Waals surface area contributed by atoms with E-state index in [0.29, 0.717) is 24.5 Å². The second kappa shape index (κ2) is 4.95. The van der Waals surface area contributed by atoms with Gasteiger partial charge >= 0.3 is 0 Å². The molecule has 1 saturated heterocycles. The Hall–Kier alpha value is -0.920. The van der Waals surface area contributed by atoms with Crippen molar-refractivity contribution in [2.45, 2.75) is 6.17 Å². The number of hydrogen-bond acceptors (Lipinski definition) is 5. The number of hydroxylamine groups is 1. The molecule has 0 aromatic rings. The summed E-state index contributed by atoms with van der Waals surface area (Å²) in [4.78, 5) is 2.19. The van der Waals surface area contributed by atoms with Crippen LogP contribution < -0.4 is 11.1 Å². The fourth-order valence-corrected chi connectivity index (χ4v) is 1.44. The van der Waals surface area contributed by atoms with Gasteiger partial charge in [-0.3, -0.25) is 0 Å². The molecule has 76 valence electrons. The standard InChI is InChI=1S/C6H15N5O2/c7-1-3-10-4-2-8-5-6(10)11(13)9-12/h6,8,12H,1-5,7H2. The van der Waals surface area contributed by atoms with Crippen molar-refractivity contribution in [1.82, 2.24) is 10.2 Å². The summed E-state index contributed by atoms with van der Waals surface area (Å²) in [6, 6.07) is 0. The van der Waals surface area contributed by atoms with Gasteiger partial charge in [-0.05, 0) is 4.86 Å². The highest BCUT2D eigenvalue weighted by Crippen LogP contribution is 2.03. The fourth-order valence-electron chi connectivity index (χ4n) is 1.44. The van der Waals surface area contributed by atoms with E-state index in [9.17, 15) is 5.21 Å². The first-order chi connectivity index (χ1) is 6.29. The van der Waals surface area contributed by atoms with E-state index in [1.807, 2.05) is 4.90 Å². The lowest BCUT2D eigenvalue weighted by Gasteiger charge is -2.31. The van der Waals surface area contributed by atoms with Crippen molar-refractivity contribution in [3.05, 3.63) is 5.21 Å². The van der Waals surface area contributed by atoms with Gasteiger partial charge in [0.1, 0.15) is 0 Å². The van der Waals surface area contributed by atoms with Gasteiger partial charge in [-0.1, -0.05) is 0 Å². The molecule has 1 rings (SSSR count). The molecule has 1 atom stereocenters. The van der Waals surface area contributed by atoms with Gasteiger partial charge < -0.3 is 21.5 Å². The largest absolute Gasteiger partial charge is 0.596 e. The molecular weight excluding hydrogens is 174 g/mol. The Labute approximate surface area is 76.4 Å². The Morgan fingerprint density at radius 2 is 2.54 bits per heavy atom. The first kappa shape index (κ1) is 10.2. The highest BCUT2D eigenvalue weighted by molar-refractivity contribution is 4.71. The van der Waals surface area contributed by atoms with Crippen LogP contribution >= 0.6 is 0 Å². The zero-order valence-electron chi connectivity index (χ0n) is 7.39. The van der Waals surface area contributed by atoms with Crippen molar-refractivity contribution in [1.29, 1.82) is 0 Å². The maximum Gasteiger partial charge on any atom is 0.262 e. The van der Waals surface area contributed by atoms with Gasteiger partial charge in [0, 0.05) is 26.2 Å². The molecule has 13 heavy (non-hydrogen) atoms. The Bertz CT molecular complexity index is 184. The molecule has 1 unspecified atom stereocenters. The smallest absolute Gasteiger partial charge is 0.262 e. The third-order valence-corrected chi connectivity index (χ3v) is 2.08. The molecular formula is C6H15N5O2. The molecule has 0 radical (unpaired) electrons. The third kappa shape index (κ3) is 2.51. The highest BCUT2D eigenvalue weighted by atomic mass is 16.6. The molecule has 0 saturated carbocycles. The van der Waals surface area contributed by atoms with Crippen LogP contribution in [0, 0.1) is 5.21 Å². The molecule has 0 aliphatic carbocycles. The summed E-state index contributed by atoms with van der Waals surface area (Å²) in [5.41, 5.74) is 5.39. The lowest BCUT2D eigenvalue weighted by atomic mass is 10.3. The van der Waals surface area contributed by atoms with Gasteiger partial charge in [-0.2, -0.15) is 0 Å². The predicted octanol–water partition coefficient (Wildman–Crippen LogP) is -1.47. The van der Waals surface area contributed by atoms with Crippen LogP contribution in [0.25, 0.3) is 0 Å². The van der Waals surface area contributed by atoms with Crippen LogP contribution in [0.1, 0.15) is 0 Å². The van der Waals surface area contributed by atoms with Crippen molar-refractivity contribution in [2.75, 3.05) is 32.7 Å². The van der Waals surface area contributed by atoms with Crippen LogP contribution in [0.5, 0.6) is 0 Å². The minimum absolute atomic E-state index is 0.293. The molecule has 0 aromatic heterocycles. The van der Waals surface area contributed by atoms with Gasteiger partial charge in [0.15, 0.2) is 5.28 Å². The minimum Gasteiger partial charge on any atom is -0.596 e. The van der Waals surface area contributed by atoms with Gasteiger partial charge in [0.2, 0.25) is 0 Å². The maximum absolute atomic E-state index is 11.0. The second-order valence-corrected chi connectivity index (χ2v) is 2.90. The molecule has 4 N–H and O–H groups in total. The average molecular weight is 189 g/mol. The number of nitrogens with one attached hydrogen (secondary N) is 1. The van der Waals surface area contributed by atoms with E-state index in [4.69, 9.17) is 10.9 Å². The summed E-state index contributed by atoms with van der Waals surface area (Å²) in [7, 11) is 0. The number of nitrogens with two attached hydrogens (primary N) is 1. The monoisotopic (exact) mass is 189 g/mol. The summed E-state index contributed by atoms with van der Waals surface area (Å²) >= 11 is 0. The van der Waals surface area contributed by atoms with Crippen molar-refractivity contribution in [3.8, 4) is 0 Å². The molecule has 0 amide bonds. The minimum atomic E-state index is -0.442. The van der Waals surface area contributed by atoms with Crippen molar-refractivity contribution >= 4 is 0 Å². The van der Waals surface area contributed by atoms with Crippen LogP contribution in [-0.4, -0.2) is 53.9 Å². The third-order valence-electron chi connectivity index (χ3n) is 2.08. The lowest BCUT2D eigenvalue weighted by Crippen LogP contribution is -2.56. The number of nitrogens with zero attached hydrogens (tertiary/aromatic N) is 3. The molecule has 0 bridgehead atoms. The maximum atomic E-state index is 11.0. The zero-order chi connectivity index (χ0) is 9.68. The summed E-state index contributed by atoms with van der Waals surface area (Å²) in [5.74, 6) is 0. The van der Waals surface area contributed by atoms with Gasteiger partial charge in [-0.25, -0.2) is 4.90 Å². The summed E-state index contributed by atoms with van der Waals surface area (Å²) in [5, 5.41) is 25.0. The fraction of sp³-hybridized carbons (Fsp3) is 1.00. The Morgan fingerprint density at radius 3 is 3.15 bits per heavy atom. The van der Waals surface area contributed by atoms with Crippen molar-refractivity contribution in [3.63, 3.8) is 0 Å². The molecule has 0 aromatic carbocycles. The van der Waals surface area contributed by atoms with Crippen LogP contribution in [0.15, 0.2) is 5.28 Å². The number of hydrogen-bond donors (Lipinski definition) is 3. The molecule has 1 fully saturated rings. The number of rotatable bonds is 3. The zero-order valence-corrected chi connectivity index (χ0v) is 7.39. The van der Waals surface area contributed by atoms with Crippen molar-refractivity contribution in [2.24, 2.45) is 11.0 Å². The lowest BCUT2D eigenvalue weighted by molar-refractivity contribution is -0.614. The van der Waals surface area contributed by atoms with Crippen LogP contribution in [0.3, 0.4) is 0 Å². The molecule has 1 aliphatic rings. The summed E-state index contributed by atoms with van der Waals surface area (Å²) in [6.45, 7) is 3.20. The Morgan fingerprint density at radius 1 is 1.77 bits per heavy atom. The van der Waals surface area contributed by atoms with E-state index in [1.54, 1.807) is 0 Å². The van der Waals surface area contributed by atoms with E-state index in [0.717, 1.165) is 13.1 Å². The normalized spacial score (nSPS) is 26.2. The SMILES string of the molecule is NCCN1CCNCC1[N+]([O-])=NO. The Kier molecular flexibility index (Phi) is 3.87. The molecule has 7 nitrogen and oxygen atoms in total. The van der Waals surface area contributed by atoms with Gasteiger partial charge in [0.25, 0.3) is 6.17 Å². The predicted molar refractivity (Wildman–Crippen MR) is 45.1 cm³/mol. The molecule has 1 heterocycles. The first-order valence-electron chi connectivity index (χ1n) is 4.26. The Balaban J connectivity index is 2.56. The topological polar surface area (TPSA) is 100.0 Å². The van der Waals surface area contributed by atoms with E-state index in [1.165, 1.54) is 0 Å². The van der Waals surface area contributed by atoms with E-state index < -0.39 is 6.17 Å². The van der Waals surface area contributed by atoms with Crippen molar-refractivity contribution < 1.29 is 10.1 Å². The first-order valence-corrected chi connectivity index (χ1v) is 4.26. The number of piperazine rings is 1. The highest BCUT2D eigenvalue weighted by Gasteiger charge is 2.29. The van der Waals surface area contributed by atoms with E-state index in [2.05, 4.69) is 10.6 Å². The quantitative estimate of drug-likeness (QED) is 0.286. The van der Waals surface area contributed by atoms with Crippen LogP contribution in [0.2, 0.25) is 0 Å². The van der Waals surface area contributed by atoms with E-state index >= 15 is 0 Å². The second-order valence-electron chi connectivity index (χ2n) is 2.90. The van der Waals surface area contributed by atoms with Crippen LogP contribution in [0.4, 0.5) is 0 Å². The van der Waals surface area contributed by atoms with Gasteiger partial charge in [-0.15, -0.1) is 0 Å². The molecule has 0 spiro atoms. The molecule has 7 heteroatoms. The summed E-state index contributed by atoms with van der Waals surface area (Å²) in [6.07, 6.45) is -0.442. The van der Waals surface area contributed by atoms with Crippen LogP contribution in [-0.2, 0) is 0 Å².